The third kappa shape index (κ3) is 2.10. The van der Waals surface area contributed by atoms with E-state index in [1.807, 2.05) is 0 Å². The van der Waals surface area contributed by atoms with Gasteiger partial charge in [0, 0.05) is 18.8 Å². The van der Waals surface area contributed by atoms with Crippen molar-refractivity contribution in [1.82, 2.24) is 10.3 Å². The van der Waals surface area contributed by atoms with Crippen LogP contribution in [0.15, 0.2) is 23.4 Å². The average molecular weight is 241 g/mol. The van der Waals surface area contributed by atoms with Crippen LogP contribution >= 0.6 is 0 Å². The fourth-order valence-electron chi connectivity index (χ4n) is 1.65. The van der Waals surface area contributed by atoms with Crippen LogP contribution < -0.4 is 5.32 Å². The second kappa shape index (κ2) is 4.67. The second-order valence-electron chi connectivity index (χ2n) is 3.50. The summed E-state index contributed by atoms with van der Waals surface area (Å²) in [7, 11) is -1.41. The zero-order valence-corrected chi connectivity index (χ0v) is 9.27. The Balaban J connectivity index is 2.32. The molecule has 2 heterocycles. The highest BCUT2D eigenvalue weighted by atomic mass is 32.2. The summed E-state index contributed by atoms with van der Waals surface area (Å²) in [4.78, 5) is 14.1. The standard InChI is InChI=1S/C9H11N3O3S/c13-12(14)8-2-1-4-11-9(8)16(15)7-3-5-10-6-7/h1-2,4,7,10H,3,5-6H2/t7-,16-/m0/s1. The molecule has 1 aliphatic heterocycles. The van der Waals surface area contributed by atoms with Crippen molar-refractivity contribution in [2.24, 2.45) is 0 Å². The Morgan fingerprint density at radius 3 is 3.06 bits per heavy atom. The molecule has 2 atom stereocenters. The number of nitrogens with zero attached hydrogens (tertiary/aromatic N) is 2. The fraction of sp³-hybridized carbons (Fsp3) is 0.444. The van der Waals surface area contributed by atoms with E-state index >= 15 is 0 Å². The normalized spacial score (nSPS) is 21.9. The Morgan fingerprint density at radius 2 is 2.44 bits per heavy atom. The molecule has 0 amide bonds. The fourth-order valence-corrected chi connectivity index (χ4v) is 3.08. The maximum Gasteiger partial charge on any atom is 0.303 e. The van der Waals surface area contributed by atoms with Gasteiger partial charge in [-0.2, -0.15) is 0 Å². The predicted octanol–water partition coefficient (Wildman–Crippen LogP) is 0.459. The largest absolute Gasteiger partial charge is 0.315 e. The Bertz CT molecular complexity index is 432. The number of hydrogen-bond donors (Lipinski definition) is 1. The summed E-state index contributed by atoms with van der Waals surface area (Å²) in [6, 6.07) is 2.81. The second-order valence-corrected chi connectivity index (χ2v) is 5.15. The summed E-state index contributed by atoms with van der Waals surface area (Å²) < 4.78 is 12.1. The van der Waals surface area contributed by atoms with Crippen molar-refractivity contribution in [3.8, 4) is 0 Å². The minimum Gasteiger partial charge on any atom is -0.315 e. The summed E-state index contributed by atoms with van der Waals surface area (Å²) in [5.41, 5.74) is -0.160. The molecule has 1 N–H and O–H groups in total. The van der Waals surface area contributed by atoms with Gasteiger partial charge in [-0.3, -0.25) is 14.3 Å². The molecule has 1 fully saturated rings. The molecular weight excluding hydrogens is 230 g/mol. The highest BCUT2D eigenvalue weighted by molar-refractivity contribution is 7.85. The lowest BCUT2D eigenvalue weighted by Crippen LogP contribution is -2.20. The lowest BCUT2D eigenvalue weighted by atomic mass is 10.4. The van der Waals surface area contributed by atoms with Gasteiger partial charge in [-0.05, 0) is 19.0 Å². The molecule has 1 saturated heterocycles. The van der Waals surface area contributed by atoms with Crippen molar-refractivity contribution in [3.63, 3.8) is 0 Å². The van der Waals surface area contributed by atoms with Crippen LogP contribution in [0.4, 0.5) is 5.69 Å². The quantitative estimate of drug-likeness (QED) is 0.613. The topological polar surface area (TPSA) is 85.1 Å². The highest BCUT2D eigenvalue weighted by Gasteiger charge is 2.28. The van der Waals surface area contributed by atoms with Gasteiger partial charge in [0.25, 0.3) is 0 Å². The molecule has 1 aromatic heterocycles. The van der Waals surface area contributed by atoms with Crippen molar-refractivity contribution < 1.29 is 9.13 Å². The number of hydrogen-bond acceptors (Lipinski definition) is 5. The number of nitro groups is 1. The van der Waals surface area contributed by atoms with Crippen molar-refractivity contribution in [2.45, 2.75) is 16.7 Å². The third-order valence-electron chi connectivity index (χ3n) is 2.46. The van der Waals surface area contributed by atoms with E-state index in [1.165, 1.54) is 18.3 Å². The van der Waals surface area contributed by atoms with Gasteiger partial charge >= 0.3 is 5.69 Å². The molecule has 2 rings (SSSR count). The monoisotopic (exact) mass is 241 g/mol. The average Bonchev–Trinajstić information content (AvgIpc) is 2.81. The first-order valence-electron chi connectivity index (χ1n) is 4.91. The van der Waals surface area contributed by atoms with Crippen molar-refractivity contribution in [1.29, 1.82) is 0 Å². The van der Waals surface area contributed by atoms with E-state index in [4.69, 9.17) is 0 Å². The van der Waals surface area contributed by atoms with Gasteiger partial charge in [-0.1, -0.05) is 0 Å². The SMILES string of the molecule is O=[N+]([O-])c1cccnc1[S@@](=O)[C@H]1CCNC1. The Morgan fingerprint density at radius 1 is 1.62 bits per heavy atom. The molecule has 0 bridgehead atoms. The third-order valence-corrected chi connectivity index (χ3v) is 4.16. The van der Waals surface area contributed by atoms with Gasteiger partial charge in [0.1, 0.15) is 0 Å². The number of pyridine rings is 1. The molecule has 0 saturated carbocycles. The van der Waals surface area contributed by atoms with Crippen LogP contribution in [0.1, 0.15) is 6.42 Å². The van der Waals surface area contributed by atoms with E-state index in [2.05, 4.69) is 10.3 Å². The van der Waals surface area contributed by atoms with E-state index in [-0.39, 0.29) is 16.0 Å². The molecular formula is C9H11N3O3S. The van der Waals surface area contributed by atoms with Gasteiger partial charge in [0.15, 0.2) is 0 Å². The molecule has 1 aromatic rings. The van der Waals surface area contributed by atoms with E-state index in [9.17, 15) is 14.3 Å². The number of rotatable bonds is 3. The van der Waals surface area contributed by atoms with E-state index in [1.54, 1.807) is 0 Å². The summed E-state index contributed by atoms with van der Waals surface area (Å²) in [6.45, 7) is 1.43. The number of nitrogens with one attached hydrogen (secondary N) is 1. The maximum atomic E-state index is 12.1. The lowest BCUT2D eigenvalue weighted by molar-refractivity contribution is -0.388. The zero-order valence-electron chi connectivity index (χ0n) is 8.46. The molecule has 16 heavy (non-hydrogen) atoms. The van der Waals surface area contributed by atoms with Gasteiger partial charge in [0.05, 0.1) is 21.0 Å². The van der Waals surface area contributed by atoms with Crippen molar-refractivity contribution in [2.75, 3.05) is 13.1 Å². The van der Waals surface area contributed by atoms with Crippen LogP contribution in [-0.4, -0.2) is 32.5 Å². The summed E-state index contributed by atoms with van der Waals surface area (Å²) in [5, 5.41) is 13.8. The molecule has 0 radical (unpaired) electrons. The van der Waals surface area contributed by atoms with E-state index in [0.29, 0.717) is 6.54 Å². The summed E-state index contributed by atoms with van der Waals surface area (Å²) >= 11 is 0. The lowest BCUT2D eigenvalue weighted by Gasteiger charge is -2.07. The summed E-state index contributed by atoms with van der Waals surface area (Å²) in [6.07, 6.45) is 2.20. The van der Waals surface area contributed by atoms with Crippen LogP contribution in [0.25, 0.3) is 0 Å². The Labute approximate surface area is 94.7 Å². The Hall–Kier alpha value is -1.34. The van der Waals surface area contributed by atoms with E-state index in [0.717, 1.165) is 13.0 Å². The molecule has 0 aromatic carbocycles. The molecule has 0 unspecified atom stereocenters. The first-order valence-corrected chi connectivity index (χ1v) is 6.12. The molecule has 7 heteroatoms. The van der Waals surface area contributed by atoms with E-state index < -0.39 is 15.7 Å². The van der Waals surface area contributed by atoms with Gasteiger partial charge in [0.2, 0.25) is 5.03 Å². The van der Waals surface area contributed by atoms with Gasteiger partial charge < -0.3 is 5.32 Å². The minimum atomic E-state index is -1.41. The first-order chi connectivity index (χ1) is 7.70. The highest BCUT2D eigenvalue weighted by Crippen LogP contribution is 2.23. The number of aromatic nitrogens is 1. The zero-order chi connectivity index (χ0) is 11.5. The van der Waals surface area contributed by atoms with Crippen LogP contribution in [0.3, 0.4) is 0 Å². The van der Waals surface area contributed by atoms with Crippen molar-refractivity contribution in [3.05, 3.63) is 28.4 Å². The van der Waals surface area contributed by atoms with Crippen LogP contribution in [-0.2, 0) is 10.8 Å². The molecule has 6 nitrogen and oxygen atoms in total. The van der Waals surface area contributed by atoms with Crippen molar-refractivity contribution >= 4 is 16.5 Å². The first kappa shape index (κ1) is 11.2. The van der Waals surface area contributed by atoms with Crippen LogP contribution in [0.5, 0.6) is 0 Å². The smallest absolute Gasteiger partial charge is 0.303 e. The molecule has 0 aliphatic carbocycles. The predicted molar refractivity (Wildman–Crippen MR) is 58.6 cm³/mol. The molecule has 86 valence electrons. The van der Waals surface area contributed by atoms with Crippen LogP contribution in [0, 0.1) is 10.1 Å². The molecule has 0 spiro atoms. The van der Waals surface area contributed by atoms with Gasteiger partial charge in [-0.25, -0.2) is 4.98 Å². The van der Waals surface area contributed by atoms with Gasteiger partial charge in [-0.15, -0.1) is 0 Å². The maximum absolute atomic E-state index is 12.1. The Kier molecular flexibility index (Phi) is 3.25. The van der Waals surface area contributed by atoms with Crippen LogP contribution in [0.2, 0.25) is 0 Å². The minimum absolute atomic E-state index is 0.0754. The molecule has 1 aliphatic rings. The summed E-state index contributed by atoms with van der Waals surface area (Å²) in [5.74, 6) is 0.